The van der Waals surface area contributed by atoms with Gasteiger partial charge in [-0.15, -0.1) is 0 Å². The van der Waals surface area contributed by atoms with Gasteiger partial charge in [0, 0.05) is 12.6 Å². The Labute approximate surface area is 126 Å². The maximum absolute atomic E-state index is 12.9. The average molecular weight is 291 g/mol. The fraction of sp³-hybridized carbons (Fsp3) is 0.667. The molecule has 3 heteroatoms. The zero-order valence-electron chi connectivity index (χ0n) is 12.6. The van der Waals surface area contributed by atoms with Crippen LogP contribution in [0.1, 0.15) is 50.0 Å². The third-order valence-electron chi connectivity index (χ3n) is 5.45. The van der Waals surface area contributed by atoms with Gasteiger partial charge in [0.15, 0.2) is 0 Å². The van der Waals surface area contributed by atoms with E-state index in [4.69, 9.17) is 0 Å². The fourth-order valence-corrected chi connectivity index (χ4v) is 3.90. The van der Waals surface area contributed by atoms with Crippen molar-refractivity contribution in [2.75, 3.05) is 13.2 Å². The first-order valence-electron chi connectivity index (χ1n) is 8.36. The number of halogens is 1. The Morgan fingerprint density at radius 2 is 1.71 bits per heavy atom. The molecule has 1 aromatic carbocycles. The standard InChI is InChI=1S/C18H26FNO/c19-17-7-5-13(6-8-17)16-9-18(10-16)20-11-14-3-1-2-4-15(14)12-21/h5-8,14-16,18,20-21H,1-4,9-12H2. The van der Waals surface area contributed by atoms with Crippen LogP contribution in [-0.4, -0.2) is 24.3 Å². The molecule has 2 aliphatic rings. The molecule has 2 fully saturated rings. The minimum absolute atomic E-state index is 0.153. The van der Waals surface area contributed by atoms with Crippen molar-refractivity contribution in [1.82, 2.24) is 5.32 Å². The highest BCUT2D eigenvalue weighted by Gasteiger charge is 2.31. The summed E-state index contributed by atoms with van der Waals surface area (Å²) in [7, 11) is 0. The average Bonchev–Trinajstić information content (AvgIpc) is 2.48. The van der Waals surface area contributed by atoms with E-state index in [0.717, 1.165) is 19.4 Å². The van der Waals surface area contributed by atoms with Crippen molar-refractivity contribution in [3.8, 4) is 0 Å². The Bertz CT molecular complexity index is 441. The summed E-state index contributed by atoms with van der Waals surface area (Å²) in [5.41, 5.74) is 1.26. The van der Waals surface area contributed by atoms with Crippen LogP contribution in [0.5, 0.6) is 0 Å². The minimum Gasteiger partial charge on any atom is -0.396 e. The molecule has 0 amide bonds. The molecule has 116 valence electrons. The van der Waals surface area contributed by atoms with E-state index in [0.29, 0.717) is 30.4 Å². The fourth-order valence-electron chi connectivity index (χ4n) is 3.90. The Balaban J connectivity index is 1.41. The Hall–Kier alpha value is -0.930. The monoisotopic (exact) mass is 291 g/mol. The first-order chi connectivity index (χ1) is 10.3. The molecule has 0 aliphatic heterocycles. The SMILES string of the molecule is OCC1CCCCC1CNC1CC(c2ccc(F)cc2)C1. The summed E-state index contributed by atoms with van der Waals surface area (Å²) < 4.78 is 12.9. The Kier molecular flexibility index (Phi) is 4.91. The van der Waals surface area contributed by atoms with Crippen LogP contribution in [0.15, 0.2) is 24.3 Å². The van der Waals surface area contributed by atoms with Crippen molar-refractivity contribution in [3.63, 3.8) is 0 Å². The smallest absolute Gasteiger partial charge is 0.123 e. The van der Waals surface area contributed by atoms with Gasteiger partial charge in [-0.2, -0.15) is 0 Å². The minimum atomic E-state index is -0.153. The predicted molar refractivity (Wildman–Crippen MR) is 82.7 cm³/mol. The molecule has 0 heterocycles. The van der Waals surface area contributed by atoms with E-state index >= 15 is 0 Å². The normalized spacial score (nSPS) is 32.7. The molecule has 0 aromatic heterocycles. The lowest BCUT2D eigenvalue weighted by molar-refractivity contribution is 0.126. The first-order valence-corrected chi connectivity index (χ1v) is 8.36. The van der Waals surface area contributed by atoms with E-state index in [1.165, 1.54) is 31.2 Å². The van der Waals surface area contributed by atoms with E-state index < -0.39 is 0 Å². The summed E-state index contributed by atoms with van der Waals surface area (Å²) in [4.78, 5) is 0. The molecule has 2 N–H and O–H groups in total. The van der Waals surface area contributed by atoms with Crippen molar-refractivity contribution < 1.29 is 9.50 Å². The molecule has 2 saturated carbocycles. The van der Waals surface area contributed by atoms with Crippen molar-refractivity contribution in [2.24, 2.45) is 11.8 Å². The maximum Gasteiger partial charge on any atom is 0.123 e. The van der Waals surface area contributed by atoms with Crippen LogP contribution in [0.25, 0.3) is 0 Å². The van der Waals surface area contributed by atoms with Crippen LogP contribution in [0, 0.1) is 17.7 Å². The summed E-state index contributed by atoms with van der Waals surface area (Å²) in [6.07, 6.45) is 7.34. The third-order valence-corrected chi connectivity index (χ3v) is 5.45. The van der Waals surface area contributed by atoms with E-state index in [1.807, 2.05) is 12.1 Å². The second kappa shape index (κ2) is 6.89. The number of hydrogen-bond donors (Lipinski definition) is 2. The highest BCUT2D eigenvalue weighted by molar-refractivity contribution is 5.23. The van der Waals surface area contributed by atoms with Gasteiger partial charge in [-0.05, 0) is 67.7 Å². The lowest BCUT2D eigenvalue weighted by Gasteiger charge is -2.39. The van der Waals surface area contributed by atoms with Gasteiger partial charge in [-0.1, -0.05) is 25.0 Å². The van der Waals surface area contributed by atoms with Crippen LogP contribution in [0.4, 0.5) is 4.39 Å². The number of hydrogen-bond acceptors (Lipinski definition) is 2. The van der Waals surface area contributed by atoms with Gasteiger partial charge < -0.3 is 10.4 Å². The van der Waals surface area contributed by atoms with E-state index in [-0.39, 0.29) is 5.82 Å². The van der Waals surface area contributed by atoms with Crippen molar-refractivity contribution in [2.45, 2.75) is 50.5 Å². The second-order valence-corrected chi connectivity index (χ2v) is 6.81. The summed E-state index contributed by atoms with van der Waals surface area (Å²) in [5.74, 6) is 1.58. The van der Waals surface area contributed by atoms with E-state index in [9.17, 15) is 9.50 Å². The zero-order valence-corrected chi connectivity index (χ0v) is 12.6. The summed E-state index contributed by atoms with van der Waals surface area (Å²) >= 11 is 0. The lowest BCUT2D eigenvalue weighted by Crippen LogP contribution is -2.44. The third kappa shape index (κ3) is 3.64. The molecule has 3 rings (SSSR count). The Morgan fingerprint density at radius 3 is 2.38 bits per heavy atom. The predicted octanol–water partition coefficient (Wildman–Crippen LogP) is 3.46. The van der Waals surface area contributed by atoms with Gasteiger partial charge in [0.05, 0.1) is 0 Å². The molecule has 2 nitrogen and oxygen atoms in total. The highest BCUT2D eigenvalue weighted by Crippen LogP contribution is 2.37. The topological polar surface area (TPSA) is 32.3 Å². The molecular formula is C18H26FNO. The van der Waals surface area contributed by atoms with Crippen LogP contribution in [0.3, 0.4) is 0 Å². The molecule has 1 aromatic rings. The van der Waals surface area contributed by atoms with Gasteiger partial charge in [0.1, 0.15) is 5.82 Å². The molecule has 2 unspecified atom stereocenters. The van der Waals surface area contributed by atoms with Gasteiger partial charge in [-0.25, -0.2) is 4.39 Å². The molecule has 0 spiro atoms. The van der Waals surface area contributed by atoms with E-state index in [1.54, 1.807) is 12.1 Å². The number of rotatable bonds is 5. The number of nitrogens with one attached hydrogen (secondary N) is 1. The Morgan fingerprint density at radius 1 is 1.05 bits per heavy atom. The molecule has 2 aliphatic carbocycles. The molecule has 0 saturated heterocycles. The van der Waals surface area contributed by atoms with Crippen LogP contribution in [-0.2, 0) is 0 Å². The van der Waals surface area contributed by atoms with Crippen LogP contribution >= 0.6 is 0 Å². The summed E-state index contributed by atoms with van der Waals surface area (Å²) in [6.45, 7) is 1.39. The molecule has 21 heavy (non-hydrogen) atoms. The van der Waals surface area contributed by atoms with Gasteiger partial charge in [-0.3, -0.25) is 0 Å². The largest absolute Gasteiger partial charge is 0.396 e. The lowest BCUT2D eigenvalue weighted by atomic mass is 9.75. The van der Waals surface area contributed by atoms with Gasteiger partial charge in [0.25, 0.3) is 0 Å². The van der Waals surface area contributed by atoms with Crippen LogP contribution < -0.4 is 5.32 Å². The molecule has 0 bridgehead atoms. The second-order valence-electron chi connectivity index (χ2n) is 6.81. The molecule has 2 atom stereocenters. The first kappa shape index (κ1) is 15.0. The van der Waals surface area contributed by atoms with Crippen molar-refractivity contribution in [3.05, 3.63) is 35.6 Å². The van der Waals surface area contributed by atoms with Crippen molar-refractivity contribution >= 4 is 0 Å². The zero-order chi connectivity index (χ0) is 14.7. The van der Waals surface area contributed by atoms with E-state index in [2.05, 4.69) is 5.32 Å². The van der Waals surface area contributed by atoms with Crippen molar-refractivity contribution in [1.29, 1.82) is 0 Å². The summed E-state index contributed by atoms with van der Waals surface area (Å²) in [6, 6.07) is 7.55. The number of aliphatic hydroxyl groups is 1. The van der Waals surface area contributed by atoms with Gasteiger partial charge >= 0.3 is 0 Å². The molecular weight excluding hydrogens is 265 g/mol. The quantitative estimate of drug-likeness (QED) is 0.871. The van der Waals surface area contributed by atoms with Crippen LogP contribution in [0.2, 0.25) is 0 Å². The molecule has 0 radical (unpaired) electrons. The maximum atomic E-state index is 12.9. The van der Waals surface area contributed by atoms with Gasteiger partial charge in [0.2, 0.25) is 0 Å². The number of benzene rings is 1. The summed E-state index contributed by atoms with van der Waals surface area (Å²) in [5, 5.41) is 13.1. The number of aliphatic hydroxyl groups excluding tert-OH is 1. The highest BCUT2D eigenvalue weighted by atomic mass is 19.1.